The molecule has 4 aromatic rings. The molecule has 5 rings (SSSR count). The van der Waals surface area contributed by atoms with Gasteiger partial charge in [0, 0.05) is 18.3 Å². The number of hydrogen-bond acceptors (Lipinski definition) is 8. The fourth-order valence-electron chi connectivity index (χ4n) is 4.23. The average Bonchev–Trinajstić information content (AvgIpc) is 3.41. The van der Waals surface area contributed by atoms with Crippen molar-refractivity contribution in [2.45, 2.75) is 31.6 Å². The first-order valence-electron chi connectivity index (χ1n) is 10.8. The molecule has 4 aromatic heterocycles. The molecular weight excluding hydrogens is 465 g/mol. The largest absolute Gasteiger partial charge is 0.479 e. The number of halogens is 2. The van der Waals surface area contributed by atoms with Crippen LogP contribution in [-0.2, 0) is 0 Å². The number of aliphatic hydroxyl groups excluding tert-OH is 2. The zero-order valence-electron chi connectivity index (χ0n) is 18.3. The lowest BCUT2D eigenvalue weighted by atomic mass is 10.0. The van der Waals surface area contributed by atoms with E-state index in [0.29, 0.717) is 39.8 Å². The van der Waals surface area contributed by atoms with E-state index in [1.807, 2.05) is 6.92 Å². The summed E-state index contributed by atoms with van der Waals surface area (Å²) >= 11 is 6.37. The predicted octanol–water partition coefficient (Wildman–Crippen LogP) is 2.10. The molecule has 0 bridgehead atoms. The van der Waals surface area contributed by atoms with Crippen LogP contribution in [0.3, 0.4) is 0 Å². The number of hydrogen-bond donors (Lipinski definition) is 3. The van der Waals surface area contributed by atoms with Gasteiger partial charge in [0.1, 0.15) is 22.8 Å². The number of rotatable bonds is 6. The molecule has 1 fully saturated rings. The Morgan fingerprint density at radius 1 is 1.35 bits per heavy atom. The Morgan fingerprint density at radius 2 is 2.21 bits per heavy atom. The number of nitrogens with one attached hydrogen (secondary N) is 1. The third kappa shape index (κ3) is 4.11. The second-order valence-electron chi connectivity index (χ2n) is 8.16. The maximum atomic E-state index is 13.3. The van der Waals surface area contributed by atoms with Gasteiger partial charge >= 0.3 is 0 Å². The standard InChI is InChI=1S/C22H23ClFN7O3/c1-12-21(28-29-31(12)17-4-5-25-9-18(17)33)13-6-19(22-15(23)8-27-30(22)10-13)34-20(11-32)16-3-2-14(24)7-26-16/h2-3,6-8,10,17-18,20,25,32-33H,4-5,9,11H2,1H3/t17-,18+,20?/m1/s1. The molecule has 3 atom stereocenters. The maximum absolute atomic E-state index is 13.3. The molecule has 0 spiro atoms. The van der Waals surface area contributed by atoms with Crippen LogP contribution in [0.25, 0.3) is 16.8 Å². The van der Waals surface area contributed by atoms with Crippen LogP contribution in [0.5, 0.6) is 5.75 Å². The molecule has 0 amide bonds. The molecule has 1 aliphatic rings. The minimum absolute atomic E-state index is 0.176. The molecule has 0 radical (unpaired) electrons. The number of fused-ring (bicyclic) bond motifs is 1. The van der Waals surface area contributed by atoms with E-state index in [-0.39, 0.29) is 12.6 Å². The SMILES string of the molecule is Cc1c(-c2cc(OC(CO)c3ccc(F)cn3)c3c(Cl)cnn3c2)nnn1[C@@H]1CCNC[C@@H]1O. The first kappa shape index (κ1) is 22.7. The monoisotopic (exact) mass is 487 g/mol. The summed E-state index contributed by atoms with van der Waals surface area (Å²) in [5.41, 5.74) is 2.92. The van der Waals surface area contributed by atoms with Gasteiger partial charge in [-0.3, -0.25) is 4.98 Å². The van der Waals surface area contributed by atoms with Gasteiger partial charge in [0.15, 0.2) is 6.10 Å². The average molecular weight is 488 g/mol. The summed E-state index contributed by atoms with van der Waals surface area (Å²) in [6.45, 7) is 2.79. The molecule has 0 aromatic carbocycles. The van der Waals surface area contributed by atoms with Crippen LogP contribution in [0.2, 0.25) is 5.02 Å². The van der Waals surface area contributed by atoms with Gasteiger partial charge in [-0.05, 0) is 38.1 Å². The number of ether oxygens (including phenoxy) is 1. The zero-order chi connectivity index (χ0) is 23.8. The summed E-state index contributed by atoms with van der Waals surface area (Å²) in [6.07, 6.45) is 3.63. The summed E-state index contributed by atoms with van der Waals surface area (Å²) in [5, 5.41) is 36.8. The Hall–Kier alpha value is -3.12. The second-order valence-corrected chi connectivity index (χ2v) is 8.57. The lowest BCUT2D eigenvalue weighted by Gasteiger charge is -2.28. The van der Waals surface area contributed by atoms with E-state index < -0.39 is 18.0 Å². The Morgan fingerprint density at radius 3 is 2.94 bits per heavy atom. The van der Waals surface area contributed by atoms with Crippen molar-refractivity contribution in [1.82, 2.24) is 34.9 Å². The van der Waals surface area contributed by atoms with Crippen molar-refractivity contribution < 1.29 is 19.3 Å². The van der Waals surface area contributed by atoms with Crippen LogP contribution in [0, 0.1) is 12.7 Å². The molecule has 0 saturated carbocycles. The molecule has 5 heterocycles. The first-order chi connectivity index (χ1) is 16.5. The fraction of sp³-hybridized carbons (Fsp3) is 0.364. The Balaban J connectivity index is 1.55. The van der Waals surface area contributed by atoms with Gasteiger partial charge in [-0.25, -0.2) is 13.6 Å². The van der Waals surface area contributed by atoms with E-state index in [2.05, 4.69) is 25.7 Å². The van der Waals surface area contributed by atoms with Crippen LogP contribution in [-0.4, -0.2) is 65.6 Å². The van der Waals surface area contributed by atoms with E-state index in [4.69, 9.17) is 16.3 Å². The number of piperidine rings is 1. The molecular formula is C22H23ClFN7O3. The molecule has 178 valence electrons. The van der Waals surface area contributed by atoms with E-state index in [9.17, 15) is 14.6 Å². The van der Waals surface area contributed by atoms with Crippen LogP contribution in [0.4, 0.5) is 4.39 Å². The quantitative estimate of drug-likeness (QED) is 0.378. The highest BCUT2D eigenvalue weighted by Crippen LogP contribution is 2.35. The summed E-state index contributed by atoms with van der Waals surface area (Å²) in [7, 11) is 0. The number of aromatic nitrogens is 6. The summed E-state index contributed by atoms with van der Waals surface area (Å²) in [4.78, 5) is 4.02. The molecule has 12 heteroatoms. The molecule has 3 N–H and O–H groups in total. The molecule has 1 saturated heterocycles. The molecule has 1 aliphatic heterocycles. The highest BCUT2D eigenvalue weighted by atomic mass is 35.5. The highest BCUT2D eigenvalue weighted by molar-refractivity contribution is 6.34. The minimum Gasteiger partial charge on any atom is -0.479 e. The molecule has 1 unspecified atom stereocenters. The van der Waals surface area contributed by atoms with Crippen molar-refractivity contribution >= 4 is 17.1 Å². The topological polar surface area (TPSA) is 123 Å². The number of nitrogens with zero attached hydrogens (tertiary/aromatic N) is 6. The Labute approximate surface area is 199 Å². The third-order valence-electron chi connectivity index (χ3n) is 5.98. The van der Waals surface area contributed by atoms with E-state index >= 15 is 0 Å². The lowest BCUT2D eigenvalue weighted by Crippen LogP contribution is -2.42. The first-order valence-corrected chi connectivity index (χ1v) is 11.2. The van der Waals surface area contributed by atoms with Crippen molar-refractivity contribution in [1.29, 1.82) is 0 Å². The fourth-order valence-corrected chi connectivity index (χ4v) is 4.45. The van der Waals surface area contributed by atoms with Gasteiger partial charge in [-0.15, -0.1) is 5.10 Å². The van der Waals surface area contributed by atoms with Crippen molar-refractivity contribution in [3.63, 3.8) is 0 Å². The van der Waals surface area contributed by atoms with Crippen LogP contribution < -0.4 is 10.1 Å². The third-order valence-corrected chi connectivity index (χ3v) is 6.25. The van der Waals surface area contributed by atoms with Crippen molar-refractivity contribution in [3.8, 4) is 17.0 Å². The van der Waals surface area contributed by atoms with Gasteiger partial charge in [-0.2, -0.15) is 5.10 Å². The summed E-state index contributed by atoms with van der Waals surface area (Å²) in [5.74, 6) is -0.137. The maximum Gasteiger partial charge on any atom is 0.163 e. The summed E-state index contributed by atoms with van der Waals surface area (Å²) in [6, 6.07) is 4.28. The predicted molar refractivity (Wildman–Crippen MR) is 121 cm³/mol. The van der Waals surface area contributed by atoms with E-state index in [1.165, 1.54) is 18.3 Å². The zero-order valence-corrected chi connectivity index (χ0v) is 19.0. The minimum atomic E-state index is -0.854. The highest BCUT2D eigenvalue weighted by Gasteiger charge is 2.28. The van der Waals surface area contributed by atoms with Crippen LogP contribution >= 0.6 is 11.6 Å². The summed E-state index contributed by atoms with van der Waals surface area (Å²) < 4.78 is 22.7. The number of aliphatic hydroxyl groups is 2. The lowest BCUT2D eigenvalue weighted by molar-refractivity contribution is 0.0789. The number of pyridine rings is 2. The van der Waals surface area contributed by atoms with Crippen molar-refractivity contribution in [2.24, 2.45) is 0 Å². The van der Waals surface area contributed by atoms with Gasteiger partial charge in [0.05, 0.1) is 47.6 Å². The molecule has 10 nitrogen and oxygen atoms in total. The van der Waals surface area contributed by atoms with Gasteiger partial charge in [0.2, 0.25) is 0 Å². The Kier molecular flexibility index (Phi) is 6.17. The van der Waals surface area contributed by atoms with Crippen LogP contribution in [0.15, 0.2) is 36.8 Å². The Bertz CT molecular complexity index is 1310. The van der Waals surface area contributed by atoms with Crippen molar-refractivity contribution in [3.05, 3.63) is 59.0 Å². The van der Waals surface area contributed by atoms with Gasteiger partial charge in [-0.1, -0.05) is 16.8 Å². The van der Waals surface area contributed by atoms with Gasteiger partial charge < -0.3 is 20.3 Å². The number of β-amino-alcohol motifs (C(OH)–C–C–N with tert-alkyl or cyclic N) is 1. The molecule has 34 heavy (non-hydrogen) atoms. The van der Waals surface area contributed by atoms with E-state index in [0.717, 1.165) is 24.9 Å². The smallest absolute Gasteiger partial charge is 0.163 e. The molecule has 0 aliphatic carbocycles. The van der Waals surface area contributed by atoms with Gasteiger partial charge in [0.25, 0.3) is 0 Å². The normalized spacial score (nSPS) is 19.4. The second kappa shape index (κ2) is 9.26. The van der Waals surface area contributed by atoms with Crippen molar-refractivity contribution in [2.75, 3.05) is 19.7 Å². The van der Waals surface area contributed by atoms with E-state index in [1.54, 1.807) is 21.5 Å². The van der Waals surface area contributed by atoms with Crippen LogP contribution in [0.1, 0.15) is 30.0 Å².